The molecule has 2 atom stereocenters. The zero-order chi connectivity index (χ0) is 12.8. The second-order valence-electron chi connectivity index (χ2n) is 7.40. The Morgan fingerprint density at radius 3 is 2.44 bits per heavy atom. The Kier molecular flexibility index (Phi) is 3.22. The van der Waals surface area contributed by atoms with Crippen molar-refractivity contribution in [3.8, 4) is 0 Å². The minimum absolute atomic E-state index is 0.352. The minimum Gasteiger partial charge on any atom is -0.309 e. The maximum absolute atomic E-state index is 3.79. The van der Waals surface area contributed by atoms with E-state index in [0.717, 1.165) is 17.4 Å². The summed E-state index contributed by atoms with van der Waals surface area (Å²) >= 11 is 0. The molecular formula is C16H30N2. The van der Waals surface area contributed by atoms with Gasteiger partial charge in [0.05, 0.1) is 0 Å². The highest BCUT2D eigenvalue weighted by molar-refractivity contribution is 5.07. The van der Waals surface area contributed by atoms with Crippen molar-refractivity contribution in [2.45, 2.75) is 70.9 Å². The Balaban J connectivity index is 1.66. The fraction of sp³-hybridized carbons (Fsp3) is 1.00. The molecule has 0 aromatic rings. The molecule has 1 heterocycles. The maximum Gasteiger partial charge on any atom is 0.0278 e. The van der Waals surface area contributed by atoms with Crippen LogP contribution in [0.25, 0.3) is 0 Å². The summed E-state index contributed by atoms with van der Waals surface area (Å²) in [5.74, 6) is 1.10. The third-order valence-corrected chi connectivity index (χ3v) is 5.94. The van der Waals surface area contributed by atoms with Gasteiger partial charge in [0, 0.05) is 31.2 Å². The van der Waals surface area contributed by atoms with Crippen LogP contribution in [0.4, 0.5) is 0 Å². The van der Waals surface area contributed by atoms with E-state index in [9.17, 15) is 0 Å². The third kappa shape index (κ3) is 2.34. The van der Waals surface area contributed by atoms with Crippen molar-refractivity contribution in [1.29, 1.82) is 0 Å². The van der Waals surface area contributed by atoms with Crippen molar-refractivity contribution in [3.63, 3.8) is 0 Å². The molecule has 2 nitrogen and oxygen atoms in total. The zero-order valence-electron chi connectivity index (χ0n) is 12.5. The number of hydrogen-bond donors (Lipinski definition) is 1. The van der Waals surface area contributed by atoms with Crippen LogP contribution in [0.3, 0.4) is 0 Å². The van der Waals surface area contributed by atoms with Crippen molar-refractivity contribution in [2.24, 2.45) is 11.3 Å². The van der Waals surface area contributed by atoms with Crippen LogP contribution in [0.5, 0.6) is 0 Å². The minimum atomic E-state index is 0.352. The zero-order valence-corrected chi connectivity index (χ0v) is 12.5. The molecule has 2 heteroatoms. The third-order valence-electron chi connectivity index (χ3n) is 5.94. The molecule has 1 aliphatic heterocycles. The number of piperazine rings is 1. The highest BCUT2D eigenvalue weighted by atomic mass is 15.3. The van der Waals surface area contributed by atoms with E-state index in [-0.39, 0.29) is 0 Å². The lowest BCUT2D eigenvalue weighted by molar-refractivity contribution is 0.0589. The predicted octanol–water partition coefficient (Wildman–Crippen LogP) is 3.03. The Bertz CT molecular complexity index is 306. The summed E-state index contributed by atoms with van der Waals surface area (Å²) in [7, 11) is 0. The molecule has 18 heavy (non-hydrogen) atoms. The molecule has 0 amide bonds. The van der Waals surface area contributed by atoms with Gasteiger partial charge in [0.2, 0.25) is 0 Å². The Labute approximate surface area is 113 Å². The molecule has 0 bridgehead atoms. The van der Waals surface area contributed by atoms with E-state index in [4.69, 9.17) is 0 Å². The van der Waals surface area contributed by atoms with Crippen LogP contribution in [0, 0.1) is 11.3 Å². The average Bonchev–Trinajstić information content (AvgIpc) is 3.22. The van der Waals surface area contributed by atoms with Crippen LogP contribution in [0.15, 0.2) is 0 Å². The first-order valence-corrected chi connectivity index (χ1v) is 8.10. The van der Waals surface area contributed by atoms with Gasteiger partial charge in [-0.2, -0.15) is 0 Å². The second-order valence-corrected chi connectivity index (χ2v) is 7.40. The van der Waals surface area contributed by atoms with Gasteiger partial charge in [-0.15, -0.1) is 0 Å². The van der Waals surface area contributed by atoms with Gasteiger partial charge in [0.25, 0.3) is 0 Å². The highest BCUT2D eigenvalue weighted by Gasteiger charge is 2.55. The Morgan fingerprint density at radius 1 is 1.22 bits per heavy atom. The van der Waals surface area contributed by atoms with Gasteiger partial charge in [-0.3, -0.25) is 4.90 Å². The molecule has 0 spiro atoms. The summed E-state index contributed by atoms with van der Waals surface area (Å²) in [4.78, 5) is 2.84. The SMILES string of the molecule is CCC1CNC(C)(CC)CN1CC1(C2CC2)CC1. The average molecular weight is 250 g/mol. The number of hydrogen-bond acceptors (Lipinski definition) is 2. The lowest BCUT2D eigenvalue weighted by Gasteiger charge is -2.47. The number of nitrogens with zero attached hydrogens (tertiary/aromatic N) is 1. The van der Waals surface area contributed by atoms with Gasteiger partial charge in [0.15, 0.2) is 0 Å². The molecule has 2 aliphatic carbocycles. The van der Waals surface area contributed by atoms with Crippen molar-refractivity contribution in [1.82, 2.24) is 10.2 Å². The topological polar surface area (TPSA) is 15.3 Å². The number of rotatable bonds is 5. The monoisotopic (exact) mass is 250 g/mol. The van der Waals surface area contributed by atoms with Gasteiger partial charge in [-0.1, -0.05) is 13.8 Å². The van der Waals surface area contributed by atoms with E-state index in [0.29, 0.717) is 5.54 Å². The van der Waals surface area contributed by atoms with Crippen LogP contribution in [0.2, 0.25) is 0 Å². The van der Waals surface area contributed by atoms with Crippen LogP contribution in [-0.2, 0) is 0 Å². The van der Waals surface area contributed by atoms with Gasteiger partial charge in [0.1, 0.15) is 0 Å². The fourth-order valence-corrected chi connectivity index (χ4v) is 3.91. The van der Waals surface area contributed by atoms with E-state index in [1.807, 2.05) is 0 Å². The molecule has 3 aliphatic rings. The van der Waals surface area contributed by atoms with Crippen molar-refractivity contribution >= 4 is 0 Å². The number of nitrogens with one attached hydrogen (secondary N) is 1. The van der Waals surface area contributed by atoms with E-state index in [2.05, 4.69) is 31.0 Å². The standard InChI is InChI=1S/C16H30N2/c1-4-14-10-17-15(3,5-2)11-18(14)12-16(8-9-16)13-6-7-13/h13-14,17H,4-12H2,1-3H3. The molecule has 1 saturated heterocycles. The van der Waals surface area contributed by atoms with Crippen molar-refractivity contribution in [3.05, 3.63) is 0 Å². The smallest absolute Gasteiger partial charge is 0.0278 e. The molecule has 3 fully saturated rings. The van der Waals surface area contributed by atoms with Crippen LogP contribution < -0.4 is 5.32 Å². The van der Waals surface area contributed by atoms with Gasteiger partial charge in [-0.25, -0.2) is 0 Å². The summed E-state index contributed by atoms with van der Waals surface area (Å²) in [6.45, 7) is 10.9. The first-order chi connectivity index (χ1) is 8.61. The molecular weight excluding hydrogens is 220 g/mol. The largest absolute Gasteiger partial charge is 0.309 e. The lowest BCUT2D eigenvalue weighted by atomic mass is 9.90. The van der Waals surface area contributed by atoms with E-state index in [1.165, 1.54) is 58.2 Å². The molecule has 0 radical (unpaired) electrons. The lowest BCUT2D eigenvalue weighted by Crippen LogP contribution is -2.63. The van der Waals surface area contributed by atoms with Gasteiger partial charge in [-0.05, 0) is 56.8 Å². The Morgan fingerprint density at radius 2 is 1.94 bits per heavy atom. The fourth-order valence-electron chi connectivity index (χ4n) is 3.91. The van der Waals surface area contributed by atoms with Gasteiger partial charge >= 0.3 is 0 Å². The summed E-state index contributed by atoms with van der Waals surface area (Å²) < 4.78 is 0. The highest BCUT2D eigenvalue weighted by Crippen LogP contribution is 2.61. The van der Waals surface area contributed by atoms with Crippen LogP contribution >= 0.6 is 0 Å². The van der Waals surface area contributed by atoms with Crippen molar-refractivity contribution in [2.75, 3.05) is 19.6 Å². The first-order valence-electron chi connectivity index (χ1n) is 8.10. The molecule has 0 aromatic carbocycles. The summed E-state index contributed by atoms with van der Waals surface area (Å²) in [6.07, 6.45) is 8.62. The van der Waals surface area contributed by atoms with Crippen LogP contribution in [-0.4, -0.2) is 36.1 Å². The Hall–Kier alpha value is -0.0800. The molecule has 104 valence electrons. The normalized spacial score (nSPS) is 39.8. The summed E-state index contributed by atoms with van der Waals surface area (Å²) in [6, 6.07) is 0.779. The predicted molar refractivity (Wildman–Crippen MR) is 76.7 cm³/mol. The van der Waals surface area contributed by atoms with E-state index >= 15 is 0 Å². The van der Waals surface area contributed by atoms with E-state index < -0.39 is 0 Å². The first kappa shape index (κ1) is 12.9. The quantitative estimate of drug-likeness (QED) is 0.807. The van der Waals surface area contributed by atoms with Gasteiger partial charge < -0.3 is 5.32 Å². The summed E-state index contributed by atoms with van der Waals surface area (Å²) in [5.41, 5.74) is 1.12. The maximum atomic E-state index is 3.79. The van der Waals surface area contributed by atoms with E-state index in [1.54, 1.807) is 0 Å². The molecule has 2 saturated carbocycles. The second kappa shape index (κ2) is 4.49. The molecule has 2 unspecified atom stereocenters. The van der Waals surface area contributed by atoms with Crippen LogP contribution in [0.1, 0.15) is 59.3 Å². The molecule has 3 rings (SSSR count). The molecule has 1 N–H and O–H groups in total. The summed E-state index contributed by atoms with van der Waals surface area (Å²) in [5, 5.41) is 3.79. The van der Waals surface area contributed by atoms with Crippen molar-refractivity contribution < 1.29 is 0 Å². The molecule has 0 aromatic heterocycles.